The van der Waals surface area contributed by atoms with Crippen molar-refractivity contribution in [1.82, 2.24) is 0 Å². The second kappa shape index (κ2) is 9.57. The molecular weight excluding hydrogens is 423 g/mol. The summed E-state index contributed by atoms with van der Waals surface area (Å²) in [6.07, 6.45) is 0. The van der Waals surface area contributed by atoms with E-state index in [-0.39, 0.29) is 24.7 Å². The lowest BCUT2D eigenvalue weighted by Gasteiger charge is -2.11. The Morgan fingerprint density at radius 1 is 1.13 bits per heavy atom. The van der Waals surface area contributed by atoms with Gasteiger partial charge in [-0.2, -0.15) is 0 Å². The minimum atomic E-state index is -0.559. The van der Waals surface area contributed by atoms with Crippen LogP contribution < -0.4 is 15.4 Å². The highest BCUT2D eigenvalue weighted by Gasteiger charge is 2.24. The number of esters is 1. The van der Waals surface area contributed by atoms with Crippen molar-refractivity contribution >= 4 is 49.9 Å². The Balaban J connectivity index is 1.91. The largest absolute Gasteiger partial charge is 0.482 e. The zero-order valence-corrected chi connectivity index (χ0v) is 18.0. The summed E-state index contributed by atoms with van der Waals surface area (Å²) in [4.78, 5) is 36.4. The average Bonchev–Trinajstić information content (AvgIpc) is 3.04. The number of rotatable bonds is 7. The molecule has 0 atom stereocenters. The quantitative estimate of drug-likeness (QED) is 0.524. The average molecular weight is 444 g/mol. The number of thiophene rings is 1. The van der Waals surface area contributed by atoms with Crippen LogP contribution in [-0.4, -0.2) is 31.0 Å². The van der Waals surface area contributed by atoms with E-state index in [1.807, 2.05) is 0 Å². The lowest BCUT2D eigenvalue weighted by atomic mass is 10.1. The molecule has 0 radical (unpaired) electrons. The fourth-order valence-electron chi connectivity index (χ4n) is 2.97. The fourth-order valence-corrected chi connectivity index (χ4v) is 4.26. The molecule has 2 aromatic carbocycles. The molecule has 1 heterocycles. The van der Waals surface area contributed by atoms with Crippen LogP contribution in [0.25, 0.3) is 10.1 Å². The minimum Gasteiger partial charge on any atom is -0.482 e. The second-order valence-corrected chi connectivity index (χ2v) is 7.66. The van der Waals surface area contributed by atoms with Gasteiger partial charge in [-0.1, -0.05) is 18.2 Å². The normalized spacial score (nSPS) is 10.6. The predicted molar refractivity (Wildman–Crippen MR) is 117 cm³/mol. The molecule has 2 N–H and O–H groups in total. The molecule has 0 fully saturated rings. The van der Waals surface area contributed by atoms with Crippen LogP contribution in [0.4, 0.5) is 15.1 Å². The Morgan fingerprint density at radius 2 is 1.90 bits per heavy atom. The molecule has 162 valence electrons. The van der Waals surface area contributed by atoms with Gasteiger partial charge >= 0.3 is 5.97 Å². The van der Waals surface area contributed by atoms with Gasteiger partial charge in [0.25, 0.3) is 5.91 Å². The molecule has 0 aliphatic carbocycles. The van der Waals surface area contributed by atoms with Crippen molar-refractivity contribution in [3.8, 4) is 5.75 Å². The van der Waals surface area contributed by atoms with Crippen LogP contribution in [0, 0.1) is 12.7 Å². The minimum absolute atomic E-state index is 0.186. The standard InChI is InChI=1S/C22H21FN2O5S/c1-4-29-22(28)18-16-9-8-12(2)19(20(16)31-21(18)24-13(3)26)30-11-17(27)25-15-7-5-6-14(23)10-15/h5-10H,4,11H2,1-3H3,(H,24,26)(H,25,27). The molecule has 0 saturated carbocycles. The third-order valence-electron chi connectivity index (χ3n) is 4.23. The molecule has 0 unspecified atom stereocenters. The summed E-state index contributed by atoms with van der Waals surface area (Å²) in [5.74, 6) is -1.40. The summed E-state index contributed by atoms with van der Waals surface area (Å²) >= 11 is 1.17. The maximum atomic E-state index is 13.3. The number of aryl methyl sites for hydroxylation is 1. The van der Waals surface area contributed by atoms with Gasteiger partial charge in [-0.05, 0) is 37.6 Å². The van der Waals surface area contributed by atoms with Gasteiger partial charge in [0.05, 0.1) is 11.3 Å². The Bertz CT molecular complexity index is 1160. The third kappa shape index (κ3) is 5.18. The first-order valence-corrected chi connectivity index (χ1v) is 10.3. The first-order valence-electron chi connectivity index (χ1n) is 9.49. The van der Waals surface area contributed by atoms with E-state index in [0.717, 1.165) is 5.56 Å². The molecule has 3 aromatic rings. The number of carbonyl (C=O) groups is 3. The molecule has 0 aliphatic rings. The number of benzene rings is 2. The van der Waals surface area contributed by atoms with E-state index in [0.29, 0.717) is 26.5 Å². The van der Waals surface area contributed by atoms with E-state index in [4.69, 9.17) is 9.47 Å². The molecule has 0 saturated heterocycles. The summed E-state index contributed by atoms with van der Waals surface area (Å²) in [7, 11) is 0. The fraction of sp³-hybridized carbons (Fsp3) is 0.227. The smallest absolute Gasteiger partial charge is 0.341 e. The van der Waals surface area contributed by atoms with Crippen LogP contribution in [0.2, 0.25) is 0 Å². The highest BCUT2D eigenvalue weighted by atomic mass is 32.1. The molecule has 1 aromatic heterocycles. The van der Waals surface area contributed by atoms with Gasteiger partial charge in [0.1, 0.15) is 22.1 Å². The topological polar surface area (TPSA) is 93.7 Å². The van der Waals surface area contributed by atoms with Crippen LogP contribution >= 0.6 is 11.3 Å². The number of amides is 2. The molecule has 0 bridgehead atoms. The van der Waals surface area contributed by atoms with Crippen molar-refractivity contribution < 1.29 is 28.2 Å². The van der Waals surface area contributed by atoms with E-state index < -0.39 is 17.7 Å². The van der Waals surface area contributed by atoms with Gasteiger partial charge in [-0.15, -0.1) is 11.3 Å². The number of ether oxygens (including phenoxy) is 2. The molecule has 0 spiro atoms. The second-order valence-electron chi connectivity index (χ2n) is 6.64. The zero-order chi connectivity index (χ0) is 22.5. The van der Waals surface area contributed by atoms with Crippen molar-refractivity contribution in [3.63, 3.8) is 0 Å². The first-order chi connectivity index (χ1) is 14.8. The van der Waals surface area contributed by atoms with Crippen LogP contribution in [-0.2, 0) is 14.3 Å². The lowest BCUT2D eigenvalue weighted by Crippen LogP contribution is -2.20. The van der Waals surface area contributed by atoms with Crippen molar-refractivity contribution in [2.75, 3.05) is 23.8 Å². The molecule has 3 rings (SSSR count). The van der Waals surface area contributed by atoms with Gasteiger partial charge < -0.3 is 20.1 Å². The van der Waals surface area contributed by atoms with Gasteiger partial charge in [0, 0.05) is 18.0 Å². The molecule has 7 nitrogen and oxygen atoms in total. The Morgan fingerprint density at radius 3 is 2.58 bits per heavy atom. The van der Waals surface area contributed by atoms with Crippen molar-refractivity contribution in [3.05, 3.63) is 53.3 Å². The third-order valence-corrected chi connectivity index (χ3v) is 5.35. The molecule has 0 aliphatic heterocycles. The highest BCUT2D eigenvalue weighted by Crippen LogP contribution is 2.42. The van der Waals surface area contributed by atoms with E-state index in [1.54, 1.807) is 32.0 Å². The van der Waals surface area contributed by atoms with E-state index in [2.05, 4.69) is 10.6 Å². The summed E-state index contributed by atoms with van der Waals surface area (Å²) in [5.41, 5.74) is 1.31. The van der Waals surface area contributed by atoms with Crippen LogP contribution in [0.5, 0.6) is 5.75 Å². The van der Waals surface area contributed by atoms with Gasteiger partial charge in [-0.3, -0.25) is 9.59 Å². The van der Waals surface area contributed by atoms with Crippen LogP contribution in [0.15, 0.2) is 36.4 Å². The maximum absolute atomic E-state index is 13.3. The van der Waals surface area contributed by atoms with Gasteiger partial charge in [0.2, 0.25) is 5.91 Å². The number of hydrogen-bond donors (Lipinski definition) is 2. The number of halogens is 1. The lowest BCUT2D eigenvalue weighted by molar-refractivity contribution is -0.118. The number of hydrogen-bond acceptors (Lipinski definition) is 6. The summed E-state index contributed by atoms with van der Waals surface area (Å²) in [5, 5.41) is 6.13. The summed E-state index contributed by atoms with van der Waals surface area (Å²) in [6.45, 7) is 4.71. The summed E-state index contributed by atoms with van der Waals surface area (Å²) in [6, 6.07) is 9.04. The zero-order valence-electron chi connectivity index (χ0n) is 17.2. The SMILES string of the molecule is CCOC(=O)c1c(NC(C)=O)sc2c(OCC(=O)Nc3cccc(F)c3)c(C)ccc12. The Labute approximate surface area is 182 Å². The van der Waals surface area contributed by atoms with Gasteiger partial charge in [-0.25, -0.2) is 9.18 Å². The van der Waals surface area contributed by atoms with Gasteiger partial charge in [0.15, 0.2) is 6.61 Å². The van der Waals surface area contributed by atoms with E-state index in [1.165, 1.54) is 36.5 Å². The van der Waals surface area contributed by atoms with Crippen LogP contribution in [0.1, 0.15) is 29.8 Å². The summed E-state index contributed by atoms with van der Waals surface area (Å²) < 4.78 is 24.8. The Hall–Kier alpha value is -3.46. The van der Waals surface area contributed by atoms with Crippen LogP contribution in [0.3, 0.4) is 0 Å². The molecule has 2 amide bonds. The van der Waals surface area contributed by atoms with Crippen molar-refractivity contribution in [2.45, 2.75) is 20.8 Å². The molecule has 31 heavy (non-hydrogen) atoms. The number of nitrogens with one attached hydrogen (secondary N) is 2. The van der Waals surface area contributed by atoms with E-state index in [9.17, 15) is 18.8 Å². The number of anilines is 2. The predicted octanol–water partition coefficient (Wildman–Crippen LogP) is 4.50. The number of carbonyl (C=O) groups excluding carboxylic acids is 3. The molecular formula is C22H21FN2O5S. The number of fused-ring (bicyclic) bond motifs is 1. The maximum Gasteiger partial charge on any atom is 0.341 e. The first kappa shape index (κ1) is 22.2. The Kier molecular flexibility index (Phi) is 6.86. The van der Waals surface area contributed by atoms with E-state index >= 15 is 0 Å². The monoisotopic (exact) mass is 444 g/mol. The van der Waals surface area contributed by atoms with Crippen molar-refractivity contribution in [2.24, 2.45) is 0 Å². The van der Waals surface area contributed by atoms with Crippen molar-refractivity contribution in [1.29, 1.82) is 0 Å². The molecule has 9 heteroatoms. The highest BCUT2D eigenvalue weighted by molar-refractivity contribution is 7.24.